The van der Waals surface area contributed by atoms with Gasteiger partial charge in [-0.2, -0.15) is 4.98 Å². The summed E-state index contributed by atoms with van der Waals surface area (Å²) in [4.78, 5) is 8.34. The van der Waals surface area contributed by atoms with Crippen molar-refractivity contribution in [2.45, 2.75) is 19.8 Å². The van der Waals surface area contributed by atoms with Crippen LogP contribution >= 0.6 is 0 Å². The lowest BCUT2D eigenvalue weighted by Crippen LogP contribution is -2.03. The van der Waals surface area contributed by atoms with Gasteiger partial charge in [-0.3, -0.25) is 0 Å². The molecule has 0 spiro atoms. The van der Waals surface area contributed by atoms with Crippen molar-refractivity contribution in [2.24, 2.45) is 0 Å². The molecule has 0 aliphatic carbocycles. The number of ether oxygens (including phenoxy) is 3. The lowest BCUT2D eigenvalue weighted by Gasteiger charge is -2.15. The molecule has 3 aromatic rings. The third-order valence-electron chi connectivity index (χ3n) is 4.69. The van der Waals surface area contributed by atoms with E-state index in [1.807, 2.05) is 25.1 Å². The third kappa shape index (κ3) is 3.53. The van der Waals surface area contributed by atoms with Crippen LogP contribution in [-0.2, 0) is 12.8 Å². The highest BCUT2D eigenvalue weighted by atomic mass is 16.5. The highest BCUT2D eigenvalue weighted by molar-refractivity contribution is 5.92. The molecule has 0 saturated heterocycles. The minimum Gasteiger partial charge on any atom is -0.493 e. The van der Waals surface area contributed by atoms with E-state index in [-0.39, 0.29) is 5.95 Å². The van der Waals surface area contributed by atoms with E-state index in [1.54, 1.807) is 21.3 Å². The Hall–Kier alpha value is -3.22. The van der Waals surface area contributed by atoms with Crippen LogP contribution in [0.1, 0.15) is 16.7 Å². The molecule has 7 heteroatoms. The van der Waals surface area contributed by atoms with Crippen molar-refractivity contribution in [1.29, 1.82) is 0 Å². The molecule has 0 aliphatic heterocycles. The maximum atomic E-state index is 6.06. The van der Waals surface area contributed by atoms with Crippen molar-refractivity contribution in [1.82, 2.24) is 9.97 Å². The number of anilines is 2. The second-order valence-corrected chi connectivity index (χ2v) is 6.24. The Labute approximate surface area is 158 Å². The molecule has 0 atom stereocenters. The number of hydrogen-bond donors (Lipinski definition) is 2. The van der Waals surface area contributed by atoms with Crippen LogP contribution in [0, 0.1) is 6.92 Å². The zero-order valence-corrected chi connectivity index (χ0v) is 16.0. The molecule has 1 aromatic heterocycles. The SMILES string of the molecule is COc1cc(CCc2ccc3nc(N)nc(N)c3c2C)cc(OC)c1OC. The van der Waals surface area contributed by atoms with Gasteiger partial charge < -0.3 is 25.7 Å². The number of benzene rings is 2. The normalized spacial score (nSPS) is 10.8. The van der Waals surface area contributed by atoms with E-state index in [4.69, 9.17) is 25.7 Å². The molecule has 3 rings (SSSR count). The van der Waals surface area contributed by atoms with E-state index < -0.39 is 0 Å². The Bertz CT molecular complexity index is 964. The molecule has 4 N–H and O–H groups in total. The quantitative estimate of drug-likeness (QED) is 0.689. The lowest BCUT2D eigenvalue weighted by molar-refractivity contribution is 0.324. The summed E-state index contributed by atoms with van der Waals surface area (Å²) in [5.74, 6) is 2.48. The van der Waals surface area contributed by atoms with Gasteiger partial charge in [0.25, 0.3) is 0 Å². The van der Waals surface area contributed by atoms with Crippen LogP contribution in [0.5, 0.6) is 17.2 Å². The summed E-state index contributed by atoms with van der Waals surface area (Å²) in [6.45, 7) is 2.03. The van der Waals surface area contributed by atoms with Crippen molar-refractivity contribution in [2.75, 3.05) is 32.8 Å². The number of nitrogen functional groups attached to an aromatic ring is 2. The first-order valence-corrected chi connectivity index (χ1v) is 8.58. The molecule has 2 aromatic carbocycles. The second kappa shape index (κ2) is 7.57. The van der Waals surface area contributed by atoms with Gasteiger partial charge in [0.2, 0.25) is 11.7 Å². The van der Waals surface area contributed by atoms with Crippen molar-refractivity contribution in [3.8, 4) is 17.2 Å². The van der Waals surface area contributed by atoms with Crippen LogP contribution in [-0.4, -0.2) is 31.3 Å². The van der Waals surface area contributed by atoms with Crippen molar-refractivity contribution >= 4 is 22.7 Å². The predicted octanol–water partition coefficient (Wildman–Crippen LogP) is 2.91. The molecule has 0 radical (unpaired) electrons. The fourth-order valence-electron chi connectivity index (χ4n) is 3.31. The van der Waals surface area contributed by atoms with Crippen LogP contribution in [0.15, 0.2) is 24.3 Å². The van der Waals surface area contributed by atoms with Crippen molar-refractivity contribution < 1.29 is 14.2 Å². The Kier molecular flexibility index (Phi) is 5.21. The molecule has 0 unspecified atom stereocenters. The van der Waals surface area contributed by atoms with Gasteiger partial charge in [-0.05, 0) is 54.7 Å². The molecule has 7 nitrogen and oxygen atoms in total. The molecular formula is C20H24N4O3. The fourth-order valence-corrected chi connectivity index (χ4v) is 3.31. The number of nitrogens with two attached hydrogens (primary N) is 2. The average Bonchev–Trinajstić information content (AvgIpc) is 2.65. The van der Waals surface area contributed by atoms with E-state index in [0.717, 1.165) is 34.9 Å². The molecule has 0 aliphatic rings. The number of fused-ring (bicyclic) bond motifs is 1. The minimum atomic E-state index is 0.185. The molecule has 142 valence electrons. The van der Waals surface area contributed by atoms with E-state index in [9.17, 15) is 0 Å². The van der Waals surface area contributed by atoms with E-state index in [0.29, 0.717) is 23.1 Å². The Morgan fingerprint density at radius 2 is 1.56 bits per heavy atom. The standard InChI is InChI=1S/C20H24N4O3/c1-11-13(7-8-14-17(11)19(21)24-20(22)23-14)6-5-12-9-15(25-2)18(27-4)16(10-12)26-3/h7-10H,5-6H2,1-4H3,(H4,21,22,23,24). The topological polar surface area (TPSA) is 106 Å². The Morgan fingerprint density at radius 3 is 2.15 bits per heavy atom. The Morgan fingerprint density at radius 1 is 0.889 bits per heavy atom. The van der Waals surface area contributed by atoms with Crippen LogP contribution in [0.25, 0.3) is 10.9 Å². The minimum absolute atomic E-state index is 0.185. The number of nitrogens with zero attached hydrogens (tertiary/aromatic N) is 2. The summed E-state index contributed by atoms with van der Waals surface area (Å²) in [7, 11) is 4.82. The largest absolute Gasteiger partial charge is 0.493 e. The molecular weight excluding hydrogens is 344 g/mol. The zero-order chi connectivity index (χ0) is 19.6. The lowest BCUT2D eigenvalue weighted by atomic mass is 9.97. The van der Waals surface area contributed by atoms with Gasteiger partial charge >= 0.3 is 0 Å². The zero-order valence-electron chi connectivity index (χ0n) is 16.0. The van der Waals surface area contributed by atoms with Crippen LogP contribution in [0.4, 0.5) is 11.8 Å². The summed E-state index contributed by atoms with van der Waals surface area (Å²) in [6.07, 6.45) is 1.63. The first-order valence-electron chi connectivity index (χ1n) is 8.58. The van der Waals surface area contributed by atoms with E-state index in [2.05, 4.69) is 16.0 Å². The summed E-state index contributed by atoms with van der Waals surface area (Å²) in [6, 6.07) is 7.93. The van der Waals surface area contributed by atoms with Crippen LogP contribution < -0.4 is 25.7 Å². The monoisotopic (exact) mass is 368 g/mol. The summed E-state index contributed by atoms with van der Waals surface area (Å²) < 4.78 is 16.2. The van der Waals surface area contributed by atoms with Gasteiger partial charge in [0, 0.05) is 5.39 Å². The maximum Gasteiger partial charge on any atom is 0.222 e. The molecule has 0 amide bonds. The molecule has 0 bridgehead atoms. The number of rotatable bonds is 6. The molecule has 0 saturated carbocycles. The van der Waals surface area contributed by atoms with Gasteiger partial charge in [-0.15, -0.1) is 0 Å². The van der Waals surface area contributed by atoms with Gasteiger partial charge in [0.15, 0.2) is 11.5 Å². The smallest absolute Gasteiger partial charge is 0.222 e. The number of hydrogen-bond acceptors (Lipinski definition) is 7. The van der Waals surface area contributed by atoms with Gasteiger partial charge in [0.1, 0.15) is 5.82 Å². The number of aryl methyl sites for hydroxylation is 3. The molecule has 27 heavy (non-hydrogen) atoms. The highest BCUT2D eigenvalue weighted by Gasteiger charge is 2.14. The van der Waals surface area contributed by atoms with E-state index in [1.165, 1.54) is 5.56 Å². The summed E-state index contributed by atoms with van der Waals surface area (Å²) in [5.41, 5.74) is 15.8. The first kappa shape index (κ1) is 18.6. The van der Waals surface area contributed by atoms with Gasteiger partial charge in [-0.25, -0.2) is 4.98 Å². The third-order valence-corrected chi connectivity index (χ3v) is 4.69. The summed E-state index contributed by atoms with van der Waals surface area (Å²) >= 11 is 0. The predicted molar refractivity (Wildman–Crippen MR) is 107 cm³/mol. The number of methoxy groups -OCH3 is 3. The van der Waals surface area contributed by atoms with Gasteiger partial charge in [-0.1, -0.05) is 6.07 Å². The van der Waals surface area contributed by atoms with Crippen LogP contribution in [0.3, 0.4) is 0 Å². The summed E-state index contributed by atoms with van der Waals surface area (Å²) in [5, 5.41) is 0.853. The van der Waals surface area contributed by atoms with Gasteiger partial charge in [0.05, 0.1) is 26.8 Å². The average molecular weight is 368 g/mol. The van der Waals surface area contributed by atoms with Crippen molar-refractivity contribution in [3.05, 3.63) is 41.0 Å². The molecule has 1 heterocycles. The maximum absolute atomic E-state index is 6.06. The molecule has 0 fully saturated rings. The first-order chi connectivity index (χ1) is 13.0. The Balaban J connectivity index is 1.92. The number of aromatic nitrogens is 2. The van der Waals surface area contributed by atoms with Crippen molar-refractivity contribution in [3.63, 3.8) is 0 Å². The van der Waals surface area contributed by atoms with E-state index >= 15 is 0 Å². The fraction of sp³-hybridized carbons (Fsp3) is 0.300. The second-order valence-electron chi connectivity index (χ2n) is 6.24. The highest BCUT2D eigenvalue weighted by Crippen LogP contribution is 2.38. The van der Waals surface area contributed by atoms with Crippen LogP contribution in [0.2, 0.25) is 0 Å².